The predicted octanol–water partition coefficient (Wildman–Crippen LogP) is 4.43. The fourth-order valence-electron chi connectivity index (χ4n) is 2.37. The standard InChI is InChI=1S/C16H13ClF5NO4S2/c1-2-8-23(29(26,27)15-12(18)4-3-5-13(15)19)28(24,25)14-9-10(16(20,21)22)6-7-11(14)17/h3-7,9H,2,8H2,1H3. The SMILES string of the molecule is CCCN(S(=O)(=O)c1cc(C(F)(F)F)ccc1Cl)S(=O)(=O)c1c(F)cccc1F. The average Bonchev–Trinajstić information content (AvgIpc) is 2.58. The molecular weight excluding hydrogens is 465 g/mol. The van der Waals surface area contributed by atoms with Crippen molar-refractivity contribution in [3.63, 3.8) is 0 Å². The molecule has 5 nitrogen and oxygen atoms in total. The molecule has 0 bridgehead atoms. The minimum atomic E-state index is -5.34. The lowest BCUT2D eigenvalue weighted by Crippen LogP contribution is -2.38. The van der Waals surface area contributed by atoms with Gasteiger partial charge < -0.3 is 0 Å². The molecule has 2 rings (SSSR count). The van der Waals surface area contributed by atoms with Crippen molar-refractivity contribution >= 4 is 31.6 Å². The molecule has 0 aromatic heterocycles. The third kappa shape index (κ3) is 4.55. The van der Waals surface area contributed by atoms with E-state index in [1.807, 2.05) is 0 Å². The molecular formula is C16H13ClF5NO4S2. The maximum Gasteiger partial charge on any atom is 0.416 e. The van der Waals surface area contributed by atoms with Crippen molar-refractivity contribution < 1.29 is 38.8 Å². The van der Waals surface area contributed by atoms with Crippen LogP contribution in [-0.4, -0.2) is 27.1 Å². The first-order valence-electron chi connectivity index (χ1n) is 7.83. The van der Waals surface area contributed by atoms with Gasteiger partial charge in [-0.1, -0.05) is 28.3 Å². The normalized spacial score (nSPS) is 13.1. The molecule has 0 radical (unpaired) electrons. The number of sulfonamides is 2. The van der Waals surface area contributed by atoms with E-state index in [0.29, 0.717) is 24.3 Å². The molecule has 0 aliphatic rings. The first kappa shape index (κ1) is 23.5. The lowest BCUT2D eigenvalue weighted by Gasteiger charge is -2.23. The lowest BCUT2D eigenvalue weighted by molar-refractivity contribution is -0.137. The fraction of sp³-hybridized carbons (Fsp3) is 0.250. The Kier molecular flexibility index (Phi) is 6.62. The van der Waals surface area contributed by atoms with Crippen LogP contribution in [0, 0.1) is 11.6 Å². The summed E-state index contributed by atoms with van der Waals surface area (Å²) < 4.78 is 118. The Balaban J connectivity index is 2.76. The Morgan fingerprint density at radius 2 is 1.52 bits per heavy atom. The summed E-state index contributed by atoms with van der Waals surface area (Å²) in [6.07, 6.45) is -5.08. The van der Waals surface area contributed by atoms with Gasteiger partial charge in [0.2, 0.25) is 0 Å². The lowest BCUT2D eigenvalue weighted by atomic mass is 10.2. The number of halogens is 6. The monoisotopic (exact) mass is 477 g/mol. The van der Waals surface area contributed by atoms with E-state index >= 15 is 0 Å². The summed E-state index contributed by atoms with van der Waals surface area (Å²) in [5.74, 6) is -3.12. The van der Waals surface area contributed by atoms with Crippen LogP contribution in [0.15, 0.2) is 46.2 Å². The summed E-state index contributed by atoms with van der Waals surface area (Å²) in [6.45, 7) is 0.578. The van der Waals surface area contributed by atoms with Crippen LogP contribution in [0.4, 0.5) is 22.0 Å². The molecule has 0 atom stereocenters. The summed E-state index contributed by atoms with van der Waals surface area (Å²) in [4.78, 5) is -2.71. The largest absolute Gasteiger partial charge is 0.416 e. The van der Waals surface area contributed by atoms with E-state index < -0.39 is 64.8 Å². The maximum absolute atomic E-state index is 14.0. The van der Waals surface area contributed by atoms with E-state index in [1.54, 1.807) is 0 Å². The number of hydrogen-bond donors (Lipinski definition) is 0. The van der Waals surface area contributed by atoms with Crippen molar-refractivity contribution in [2.75, 3.05) is 6.54 Å². The van der Waals surface area contributed by atoms with E-state index in [0.717, 1.165) is 6.07 Å². The third-order valence-corrected chi connectivity index (χ3v) is 8.51. The van der Waals surface area contributed by atoms with Gasteiger partial charge in [-0.25, -0.2) is 25.6 Å². The highest BCUT2D eigenvalue weighted by Crippen LogP contribution is 2.36. The van der Waals surface area contributed by atoms with Crippen LogP contribution in [0.3, 0.4) is 0 Å². The van der Waals surface area contributed by atoms with Gasteiger partial charge in [-0.2, -0.15) is 13.2 Å². The second kappa shape index (κ2) is 8.17. The Morgan fingerprint density at radius 1 is 0.966 bits per heavy atom. The van der Waals surface area contributed by atoms with Crippen LogP contribution in [0.5, 0.6) is 0 Å². The molecule has 0 aliphatic carbocycles. The van der Waals surface area contributed by atoms with Gasteiger partial charge in [0, 0.05) is 6.54 Å². The van der Waals surface area contributed by atoms with Crippen molar-refractivity contribution in [2.24, 2.45) is 0 Å². The van der Waals surface area contributed by atoms with Crippen LogP contribution < -0.4 is 0 Å². The zero-order valence-electron chi connectivity index (χ0n) is 14.5. The van der Waals surface area contributed by atoms with E-state index in [2.05, 4.69) is 0 Å². The smallest absolute Gasteiger partial charge is 0.206 e. The van der Waals surface area contributed by atoms with Gasteiger partial charge in [0.1, 0.15) is 16.5 Å². The van der Waals surface area contributed by atoms with Crippen molar-refractivity contribution in [2.45, 2.75) is 29.3 Å². The summed E-state index contributed by atoms with van der Waals surface area (Å²) in [5, 5.41) is -0.691. The molecule has 0 saturated heterocycles. The average molecular weight is 478 g/mol. The molecule has 0 fully saturated rings. The zero-order chi connectivity index (χ0) is 22.2. The van der Waals surface area contributed by atoms with Gasteiger partial charge >= 0.3 is 6.18 Å². The van der Waals surface area contributed by atoms with E-state index in [-0.39, 0.29) is 16.2 Å². The van der Waals surface area contributed by atoms with E-state index in [9.17, 15) is 38.8 Å². The first-order chi connectivity index (χ1) is 13.2. The topological polar surface area (TPSA) is 71.5 Å². The molecule has 2 aromatic carbocycles. The molecule has 160 valence electrons. The quantitative estimate of drug-likeness (QED) is 0.577. The van der Waals surface area contributed by atoms with Crippen molar-refractivity contribution in [3.05, 3.63) is 58.6 Å². The Labute approximate surface area is 168 Å². The molecule has 0 aliphatic heterocycles. The number of nitrogens with zero attached hydrogens (tertiary/aromatic N) is 1. The van der Waals surface area contributed by atoms with Crippen molar-refractivity contribution in [1.29, 1.82) is 0 Å². The van der Waals surface area contributed by atoms with Crippen LogP contribution in [0.25, 0.3) is 0 Å². The van der Waals surface area contributed by atoms with Gasteiger partial charge in [-0.3, -0.25) is 0 Å². The predicted molar refractivity (Wildman–Crippen MR) is 94.2 cm³/mol. The van der Waals surface area contributed by atoms with Gasteiger partial charge in [0.15, 0.2) is 4.90 Å². The summed E-state index contributed by atoms with van der Waals surface area (Å²) in [7, 11) is -10.6. The highest BCUT2D eigenvalue weighted by molar-refractivity contribution is 8.04. The minimum Gasteiger partial charge on any atom is -0.206 e. The second-order valence-electron chi connectivity index (χ2n) is 5.70. The number of benzene rings is 2. The number of hydrogen-bond acceptors (Lipinski definition) is 4. The molecule has 29 heavy (non-hydrogen) atoms. The summed E-state index contributed by atoms with van der Waals surface area (Å²) >= 11 is 5.72. The zero-order valence-corrected chi connectivity index (χ0v) is 16.9. The highest BCUT2D eigenvalue weighted by atomic mass is 35.5. The second-order valence-corrected chi connectivity index (χ2v) is 9.97. The molecule has 0 spiro atoms. The Hall–Kier alpha value is -1.76. The van der Waals surface area contributed by atoms with Gasteiger partial charge in [0.25, 0.3) is 20.0 Å². The summed E-state index contributed by atoms with van der Waals surface area (Å²) in [5.41, 5.74) is -1.40. The molecule has 0 amide bonds. The van der Waals surface area contributed by atoms with Crippen LogP contribution in [-0.2, 0) is 26.2 Å². The molecule has 0 N–H and O–H groups in total. The number of alkyl halides is 3. The molecule has 13 heteroatoms. The van der Waals surface area contributed by atoms with Gasteiger partial charge in [-0.05, 0) is 36.8 Å². The first-order valence-corrected chi connectivity index (χ1v) is 11.1. The molecule has 0 heterocycles. The van der Waals surface area contributed by atoms with Gasteiger partial charge in [0.05, 0.1) is 10.6 Å². The third-order valence-electron chi connectivity index (χ3n) is 3.66. The molecule has 2 aromatic rings. The fourth-order valence-corrected chi connectivity index (χ4v) is 6.77. The minimum absolute atomic E-state index is 0.134. The number of rotatable bonds is 6. The van der Waals surface area contributed by atoms with Crippen LogP contribution in [0.2, 0.25) is 5.02 Å². The Bertz CT molecular complexity index is 1110. The summed E-state index contributed by atoms with van der Waals surface area (Å²) in [6, 6.07) is 3.38. The van der Waals surface area contributed by atoms with Gasteiger partial charge in [-0.15, -0.1) is 0 Å². The Morgan fingerprint density at radius 3 is 2.00 bits per heavy atom. The molecule has 0 saturated carbocycles. The van der Waals surface area contributed by atoms with Crippen LogP contribution in [0.1, 0.15) is 18.9 Å². The van der Waals surface area contributed by atoms with E-state index in [1.165, 1.54) is 6.92 Å². The molecule has 0 unspecified atom stereocenters. The van der Waals surface area contributed by atoms with E-state index in [4.69, 9.17) is 11.6 Å². The highest BCUT2D eigenvalue weighted by Gasteiger charge is 2.41. The maximum atomic E-state index is 14.0. The van der Waals surface area contributed by atoms with Crippen molar-refractivity contribution in [1.82, 2.24) is 3.71 Å². The van der Waals surface area contributed by atoms with Crippen molar-refractivity contribution in [3.8, 4) is 0 Å². The van der Waals surface area contributed by atoms with Crippen LogP contribution >= 0.6 is 11.6 Å².